The van der Waals surface area contributed by atoms with Crippen LogP contribution in [0.4, 0.5) is 0 Å². The molecule has 6 nitrogen and oxygen atoms in total. The van der Waals surface area contributed by atoms with Gasteiger partial charge in [0.1, 0.15) is 5.01 Å². The summed E-state index contributed by atoms with van der Waals surface area (Å²) in [7, 11) is 3.24. The molecule has 0 bridgehead atoms. The molecule has 0 fully saturated rings. The predicted octanol–water partition coefficient (Wildman–Crippen LogP) is 2.79. The molecule has 136 valence electrons. The fourth-order valence-electron chi connectivity index (χ4n) is 2.45. The van der Waals surface area contributed by atoms with Gasteiger partial charge in [-0.1, -0.05) is 6.92 Å². The van der Waals surface area contributed by atoms with E-state index in [0.717, 1.165) is 22.8 Å². The zero-order valence-electron chi connectivity index (χ0n) is 15.2. The first kappa shape index (κ1) is 19.2. The smallest absolute Gasteiger partial charge is 0.234 e. The molecule has 0 saturated heterocycles. The monoisotopic (exact) mass is 363 g/mol. The normalized spacial score (nSPS) is 10.8. The van der Waals surface area contributed by atoms with Crippen molar-refractivity contribution in [2.45, 2.75) is 20.4 Å². The summed E-state index contributed by atoms with van der Waals surface area (Å²) < 4.78 is 10.6. The van der Waals surface area contributed by atoms with Gasteiger partial charge in [0.25, 0.3) is 0 Å². The Labute approximate surface area is 152 Å². The molecular weight excluding hydrogens is 338 g/mol. The number of nitrogens with zero attached hydrogens (tertiary/aromatic N) is 2. The van der Waals surface area contributed by atoms with Crippen LogP contribution in [-0.4, -0.2) is 49.6 Å². The average Bonchev–Trinajstić information content (AvgIpc) is 3.09. The molecule has 0 radical (unpaired) electrons. The van der Waals surface area contributed by atoms with E-state index in [9.17, 15) is 4.79 Å². The molecule has 7 heteroatoms. The fraction of sp³-hybridized carbons (Fsp3) is 0.444. The van der Waals surface area contributed by atoms with Gasteiger partial charge in [0, 0.05) is 24.0 Å². The highest BCUT2D eigenvalue weighted by Crippen LogP contribution is 2.33. The first-order chi connectivity index (χ1) is 12.1. The van der Waals surface area contributed by atoms with Gasteiger partial charge in [0.2, 0.25) is 5.91 Å². The van der Waals surface area contributed by atoms with Crippen molar-refractivity contribution in [3.63, 3.8) is 0 Å². The molecular formula is C18H25N3O3S. The zero-order chi connectivity index (χ0) is 18.2. The Morgan fingerprint density at radius 3 is 2.64 bits per heavy atom. The third-order valence-corrected chi connectivity index (χ3v) is 4.70. The highest BCUT2D eigenvalue weighted by atomic mass is 32.1. The number of likely N-dealkylation sites (N-methyl/N-ethyl adjacent to an activating group) is 2. The molecule has 1 heterocycles. The third-order valence-electron chi connectivity index (χ3n) is 3.76. The first-order valence-corrected chi connectivity index (χ1v) is 9.15. The number of rotatable bonds is 9. The SMILES string of the molecule is CCNC(=O)CN(CC)Cc1csc(-c2ccc(OC)c(OC)c2)n1. The number of carbonyl (C=O) groups excluding carboxylic acids is 1. The molecule has 0 unspecified atom stereocenters. The van der Waals surface area contributed by atoms with Gasteiger partial charge in [0.05, 0.1) is 26.5 Å². The lowest BCUT2D eigenvalue weighted by atomic mass is 10.2. The van der Waals surface area contributed by atoms with Crippen LogP contribution in [-0.2, 0) is 11.3 Å². The van der Waals surface area contributed by atoms with Crippen LogP contribution in [0.25, 0.3) is 10.6 Å². The van der Waals surface area contributed by atoms with E-state index in [0.29, 0.717) is 31.1 Å². The Hall–Kier alpha value is -2.12. The molecule has 0 saturated carbocycles. The molecule has 0 aliphatic heterocycles. The van der Waals surface area contributed by atoms with Crippen LogP contribution in [0.1, 0.15) is 19.5 Å². The van der Waals surface area contributed by atoms with Crippen LogP contribution >= 0.6 is 11.3 Å². The lowest BCUT2D eigenvalue weighted by molar-refractivity contribution is -0.122. The molecule has 0 aliphatic rings. The van der Waals surface area contributed by atoms with E-state index in [1.165, 1.54) is 0 Å². The number of methoxy groups -OCH3 is 2. The van der Waals surface area contributed by atoms with E-state index < -0.39 is 0 Å². The van der Waals surface area contributed by atoms with Gasteiger partial charge in [-0.2, -0.15) is 0 Å². The van der Waals surface area contributed by atoms with Crippen LogP contribution in [0.15, 0.2) is 23.6 Å². The molecule has 1 aromatic heterocycles. The van der Waals surface area contributed by atoms with Crippen molar-refractivity contribution >= 4 is 17.2 Å². The number of carbonyl (C=O) groups is 1. The number of hydrogen-bond donors (Lipinski definition) is 1. The predicted molar refractivity (Wildman–Crippen MR) is 100 cm³/mol. The maximum absolute atomic E-state index is 11.8. The van der Waals surface area contributed by atoms with Gasteiger partial charge in [-0.15, -0.1) is 11.3 Å². The number of ether oxygens (including phenoxy) is 2. The Kier molecular flexibility index (Phi) is 7.21. The van der Waals surface area contributed by atoms with Crippen molar-refractivity contribution < 1.29 is 14.3 Å². The maximum Gasteiger partial charge on any atom is 0.234 e. The average molecular weight is 363 g/mol. The quantitative estimate of drug-likeness (QED) is 0.742. The largest absolute Gasteiger partial charge is 0.493 e. The van der Waals surface area contributed by atoms with E-state index in [2.05, 4.69) is 10.2 Å². The van der Waals surface area contributed by atoms with E-state index in [4.69, 9.17) is 14.5 Å². The lowest BCUT2D eigenvalue weighted by Crippen LogP contribution is -2.36. The van der Waals surface area contributed by atoms with Crippen molar-refractivity contribution in [1.82, 2.24) is 15.2 Å². The van der Waals surface area contributed by atoms with E-state index in [-0.39, 0.29) is 5.91 Å². The highest BCUT2D eigenvalue weighted by molar-refractivity contribution is 7.13. The van der Waals surface area contributed by atoms with Crippen molar-refractivity contribution in [2.24, 2.45) is 0 Å². The number of thiazole rings is 1. The van der Waals surface area contributed by atoms with Crippen molar-refractivity contribution in [2.75, 3.05) is 33.9 Å². The van der Waals surface area contributed by atoms with Gasteiger partial charge in [-0.25, -0.2) is 4.98 Å². The minimum atomic E-state index is 0.0414. The Bertz CT molecular complexity index is 703. The van der Waals surface area contributed by atoms with Gasteiger partial charge >= 0.3 is 0 Å². The summed E-state index contributed by atoms with van der Waals surface area (Å²) in [5, 5.41) is 5.78. The zero-order valence-corrected chi connectivity index (χ0v) is 16.0. The molecule has 2 aromatic rings. The van der Waals surface area contributed by atoms with Gasteiger partial charge in [0.15, 0.2) is 11.5 Å². The molecule has 2 rings (SSSR count). The molecule has 25 heavy (non-hydrogen) atoms. The second-order valence-corrected chi connectivity index (χ2v) is 6.33. The fourth-order valence-corrected chi connectivity index (χ4v) is 3.25. The van der Waals surface area contributed by atoms with Crippen LogP contribution in [0.3, 0.4) is 0 Å². The summed E-state index contributed by atoms with van der Waals surface area (Å²) in [5.74, 6) is 1.42. The second kappa shape index (κ2) is 9.39. The maximum atomic E-state index is 11.8. The van der Waals surface area contributed by atoms with Crippen LogP contribution in [0, 0.1) is 0 Å². The van der Waals surface area contributed by atoms with Crippen LogP contribution in [0.2, 0.25) is 0 Å². The minimum Gasteiger partial charge on any atom is -0.493 e. The summed E-state index contributed by atoms with van der Waals surface area (Å²) in [4.78, 5) is 18.5. The van der Waals surface area contributed by atoms with E-state index in [1.54, 1.807) is 25.6 Å². The van der Waals surface area contributed by atoms with E-state index in [1.807, 2.05) is 37.4 Å². The Morgan fingerprint density at radius 2 is 2.00 bits per heavy atom. The van der Waals surface area contributed by atoms with Crippen LogP contribution < -0.4 is 14.8 Å². The molecule has 0 aliphatic carbocycles. The summed E-state index contributed by atoms with van der Waals surface area (Å²) in [6.45, 7) is 6.44. The molecule has 1 N–H and O–H groups in total. The standard InChI is InChI=1S/C18H25N3O3S/c1-5-19-17(22)11-21(6-2)10-14-12-25-18(20-14)13-7-8-15(23-3)16(9-13)24-4/h7-9,12H,5-6,10-11H2,1-4H3,(H,19,22). The van der Waals surface area contributed by atoms with Crippen molar-refractivity contribution in [3.05, 3.63) is 29.3 Å². The highest BCUT2D eigenvalue weighted by Gasteiger charge is 2.13. The molecule has 0 spiro atoms. The van der Waals surface area contributed by atoms with Gasteiger partial charge in [-0.05, 0) is 31.7 Å². The summed E-state index contributed by atoms with van der Waals surface area (Å²) in [6, 6.07) is 5.77. The first-order valence-electron chi connectivity index (χ1n) is 8.27. The number of nitrogens with one attached hydrogen (secondary N) is 1. The van der Waals surface area contributed by atoms with Gasteiger partial charge < -0.3 is 14.8 Å². The topological polar surface area (TPSA) is 63.7 Å². The molecule has 1 amide bonds. The summed E-state index contributed by atoms with van der Waals surface area (Å²) >= 11 is 1.58. The Balaban J connectivity index is 2.10. The van der Waals surface area contributed by atoms with Gasteiger partial charge in [-0.3, -0.25) is 9.69 Å². The van der Waals surface area contributed by atoms with Crippen molar-refractivity contribution in [3.8, 4) is 22.1 Å². The number of hydrogen-bond acceptors (Lipinski definition) is 6. The number of benzene rings is 1. The summed E-state index contributed by atoms with van der Waals surface area (Å²) in [6.07, 6.45) is 0. The lowest BCUT2D eigenvalue weighted by Gasteiger charge is -2.18. The second-order valence-electron chi connectivity index (χ2n) is 5.47. The number of aromatic nitrogens is 1. The van der Waals surface area contributed by atoms with E-state index >= 15 is 0 Å². The third kappa shape index (κ3) is 5.17. The Morgan fingerprint density at radius 1 is 1.24 bits per heavy atom. The minimum absolute atomic E-state index is 0.0414. The summed E-state index contributed by atoms with van der Waals surface area (Å²) in [5.41, 5.74) is 1.95. The van der Waals surface area contributed by atoms with Crippen molar-refractivity contribution in [1.29, 1.82) is 0 Å². The molecule has 1 aromatic carbocycles. The van der Waals surface area contributed by atoms with Crippen LogP contribution in [0.5, 0.6) is 11.5 Å². The molecule has 0 atom stereocenters. The number of amides is 1.